The standard InChI is InChI=1S/C24H20BrNO4S/c1-14-5-3-6-15(11-14)21-20(22(27)16-8-9-19(30-2)18(25)12-16)23(28)24(29)26(21)13-17-7-4-10-31-17/h3-12,21,27H,13H2,1-2H3/b22-20-. The zero-order valence-corrected chi connectivity index (χ0v) is 19.4. The largest absolute Gasteiger partial charge is 0.507 e. The summed E-state index contributed by atoms with van der Waals surface area (Å²) in [6.45, 7) is 2.25. The van der Waals surface area contributed by atoms with Crippen LogP contribution in [-0.4, -0.2) is 28.8 Å². The molecular weight excluding hydrogens is 478 g/mol. The molecule has 0 saturated carbocycles. The number of likely N-dealkylation sites (tertiary alicyclic amines) is 1. The Labute approximate surface area is 192 Å². The highest BCUT2D eigenvalue weighted by Crippen LogP contribution is 2.41. The Bertz CT molecular complexity index is 1190. The first-order chi connectivity index (χ1) is 14.9. The molecule has 4 rings (SSSR count). The van der Waals surface area contributed by atoms with Crippen molar-refractivity contribution < 1.29 is 19.4 Å². The van der Waals surface area contributed by atoms with E-state index in [1.165, 1.54) is 16.2 Å². The van der Waals surface area contributed by atoms with Crippen LogP contribution in [0.2, 0.25) is 0 Å². The summed E-state index contributed by atoms with van der Waals surface area (Å²) in [7, 11) is 1.55. The second kappa shape index (κ2) is 8.69. The molecule has 1 aliphatic rings. The quantitative estimate of drug-likeness (QED) is 0.289. The van der Waals surface area contributed by atoms with E-state index in [-0.39, 0.29) is 11.3 Å². The minimum atomic E-state index is -0.687. The number of ether oxygens (including phenoxy) is 1. The van der Waals surface area contributed by atoms with Crippen molar-refractivity contribution in [3.05, 3.63) is 91.6 Å². The Morgan fingerprint density at radius 3 is 2.61 bits per heavy atom. The molecule has 2 heterocycles. The fourth-order valence-electron chi connectivity index (χ4n) is 3.77. The van der Waals surface area contributed by atoms with Crippen molar-refractivity contribution in [2.75, 3.05) is 7.11 Å². The maximum atomic E-state index is 13.1. The first kappa shape index (κ1) is 21.3. The van der Waals surface area contributed by atoms with E-state index < -0.39 is 17.7 Å². The summed E-state index contributed by atoms with van der Waals surface area (Å²) in [6, 6.07) is 15.9. The number of Topliss-reactive ketones (excluding diaryl/α,β-unsaturated/α-hetero) is 1. The zero-order valence-electron chi connectivity index (χ0n) is 17.0. The normalized spacial score (nSPS) is 17.9. The number of hydrogen-bond acceptors (Lipinski definition) is 5. The number of carbonyl (C=O) groups excluding carboxylic acids is 2. The van der Waals surface area contributed by atoms with Crippen LogP contribution in [0, 0.1) is 6.92 Å². The van der Waals surface area contributed by atoms with Gasteiger partial charge >= 0.3 is 0 Å². The third-order valence-corrected chi connectivity index (χ3v) is 6.71. The number of halogens is 1. The van der Waals surface area contributed by atoms with E-state index in [4.69, 9.17) is 4.74 Å². The molecule has 0 radical (unpaired) electrons. The van der Waals surface area contributed by atoms with E-state index in [0.717, 1.165) is 16.0 Å². The summed E-state index contributed by atoms with van der Waals surface area (Å²) >= 11 is 4.93. The third kappa shape index (κ3) is 4.03. The van der Waals surface area contributed by atoms with E-state index >= 15 is 0 Å². The number of nitrogens with zero attached hydrogens (tertiary/aromatic N) is 1. The molecule has 7 heteroatoms. The number of aryl methyl sites for hydroxylation is 1. The Balaban J connectivity index is 1.87. The van der Waals surface area contributed by atoms with Crippen LogP contribution in [0.25, 0.3) is 5.76 Å². The molecule has 158 valence electrons. The van der Waals surface area contributed by atoms with Gasteiger partial charge < -0.3 is 14.7 Å². The van der Waals surface area contributed by atoms with Gasteiger partial charge in [0, 0.05) is 10.4 Å². The van der Waals surface area contributed by atoms with Crippen molar-refractivity contribution in [1.82, 2.24) is 4.90 Å². The summed E-state index contributed by atoms with van der Waals surface area (Å²) in [5.74, 6) is -0.909. The van der Waals surface area contributed by atoms with Crippen LogP contribution >= 0.6 is 27.3 Å². The Kier molecular flexibility index (Phi) is 5.98. The van der Waals surface area contributed by atoms with Gasteiger partial charge in [-0.2, -0.15) is 0 Å². The van der Waals surface area contributed by atoms with Gasteiger partial charge in [-0.15, -0.1) is 11.3 Å². The highest BCUT2D eigenvalue weighted by Gasteiger charge is 2.46. The van der Waals surface area contributed by atoms with Gasteiger partial charge in [0.2, 0.25) is 0 Å². The molecule has 1 atom stereocenters. The van der Waals surface area contributed by atoms with Gasteiger partial charge in [-0.25, -0.2) is 0 Å². The lowest BCUT2D eigenvalue weighted by atomic mass is 9.94. The number of methoxy groups -OCH3 is 1. The zero-order chi connectivity index (χ0) is 22.1. The number of carbonyl (C=O) groups is 2. The van der Waals surface area contributed by atoms with E-state index in [1.807, 2.05) is 48.7 Å². The lowest BCUT2D eigenvalue weighted by molar-refractivity contribution is -0.140. The second-order valence-corrected chi connectivity index (χ2v) is 9.16. The molecule has 1 amide bonds. The van der Waals surface area contributed by atoms with Crippen LogP contribution in [0.1, 0.15) is 27.6 Å². The molecule has 5 nitrogen and oxygen atoms in total. The Hall–Kier alpha value is -2.90. The molecule has 1 unspecified atom stereocenters. The minimum Gasteiger partial charge on any atom is -0.507 e. The molecule has 0 bridgehead atoms. The van der Waals surface area contributed by atoms with Crippen molar-refractivity contribution in [2.45, 2.75) is 19.5 Å². The number of amides is 1. The first-order valence-corrected chi connectivity index (χ1v) is 11.3. The van der Waals surface area contributed by atoms with Gasteiger partial charge in [-0.1, -0.05) is 35.9 Å². The molecule has 0 aliphatic carbocycles. The SMILES string of the molecule is COc1ccc(/C(O)=C2/C(=O)C(=O)N(Cc3cccs3)C2c2cccc(C)c2)cc1Br. The monoisotopic (exact) mass is 497 g/mol. The summed E-state index contributed by atoms with van der Waals surface area (Å²) in [6.07, 6.45) is 0. The molecule has 1 aliphatic heterocycles. The Morgan fingerprint density at radius 1 is 1.16 bits per heavy atom. The molecule has 0 spiro atoms. The van der Waals surface area contributed by atoms with E-state index in [1.54, 1.807) is 25.3 Å². The fourth-order valence-corrected chi connectivity index (χ4v) is 5.01. The molecule has 31 heavy (non-hydrogen) atoms. The fraction of sp³-hybridized carbons (Fsp3) is 0.167. The molecule has 1 aromatic heterocycles. The van der Waals surface area contributed by atoms with Gasteiger partial charge in [0.05, 0.1) is 29.7 Å². The molecule has 2 aromatic carbocycles. The highest BCUT2D eigenvalue weighted by atomic mass is 79.9. The Morgan fingerprint density at radius 2 is 1.97 bits per heavy atom. The maximum Gasteiger partial charge on any atom is 0.295 e. The molecular formula is C24H20BrNO4S. The van der Waals surface area contributed by atoms with Crippen LogP contribution in [0.3, 0.4) is 0 Å². The minimum absolute atomic E-state index is 0.0872. The second-order valence-electron chi connectivity index (χ2n) is 7.27. The smallest absolute Gasteiger partial charge is 0.295 e. The summed E-state index contributed by atoms with van der Waals surface area (Å²) < 4.78 is 5.89. The van der Waals surface area contributed by atoms with Crippen LogP contribution in [0.5, 0.6) is 5.75 Å². The number of thiophene rings is 1. The topological polar surface area (TPSA) is 66.8 Å². The average Bonchev–Trinajstić information content (AvgIpc) is 3.35. The number of hydrogen-bond donors (Lipinski definition) is 1. The molecule has 1 N–H and O–H groups in total. The van der Waals surface area contributed by atoms with E-state index in [9.17, 15) is 14.7 Å². The van der Waals surface area contributed by atoms with Crippen LogP contribution in [0.15, 0.2) is 70.0 Å². The van der Waals surface area contributed by atoms with Crippen molar-refractivity contribution in [3.8, 4) is 5.75 Å². The predicted molar refractivity (Wildman–Crippen MR) is 124 cm³/mol. The van der Waals surface area contributed by atoms with Crippen molar-refractivity contribution >= 4 is 44.7 Å². The lowest BCUT2D eigenvalue weighted by Crippen LogP contribution is -2.28. The number of rotatable bonds is 5. The highest BCUT2D eigenvalue weighted by molar-refractivity contribution is 9.10. The molecule has 1 fully saturated rings. The third-order valence-electron chi connectivity index (χ3n) is 5.23. The van der Waals surface area contributed by atoms with Gasteiger partial charge in [-0.3, -0.25) is 9.59 Å². The maximum absolute atomic E-state index is 13.1. The number of benzene rings is 2. The average molecular weight is 498 g/mol. The number of ketones is 1. The summed E-state index contributed by atoms with van der Waals surface area (Å²) in [5, 5.41) is 13.1. The summed E-state index contributed by atoms with van der Waals surface area (Å²) in [5.41, 5.74) is 2.31. The number of aliphatic hydroxyl groups is 1. The van der Waals surface area contributed by atoms with Gasteiger partial charge in [0.15, 0.2) is 0 Å². The van der Waals surface area contributed by atoms with Crippen molar-refractivity contribution in [1.29, 1.82) is 0 Å². The molecule has 1 saturated heterocycles. The predicted octanol–water partition coefficient (Wildman–Crippen LogP) is 5.45. The van der Waals surface area contributed by atoms with Gasteiger partial charge in [-0.05, 0) is 58.1 Å². The van der Waals surface area contributed by atoms with E-state index in [2.05, 4.69) is 15.9 Å². The van der Waals surface area contributed by atoms with Crippen molar-refractivity contribution in [2.24, 2.45) is 0 Å². The summed E-state index contributed by atoms with van der Waals surface area (Å²) in [4.78, 5) is 28.6. The van der Waals surface area contributed by atoms with Gasteiger partial charge in [0.25, 0.3) is 11.7 Å². The van der Waals surface area contributed by atoms with Crippen LogP contribution in [-0.2, 0) is 16.1 Å². The van der Waals surface area contributed by atoms with Crippen LogP contribution in [0.4, 0.5) is 0 Å². The first-order valence-electron chi connectivity index (χ1n) is 9.62. The lowest BCUT2D eigenvalue weighted by Gasteiger charge is -2.25. The van der Waals surface area contributed by atoms with Crippen molar-refractivity contribution in [3.63, 3.8) is 0 Å². The number of aliphatic hydroxyl groups excluding tert-OH is 1. The molecule has 3 aromatic rings. The van der Waals surface area contributed by atoms with E-state index in [0.29, 0.717) is 22.3 Å². The van der Waals surface area contributed by atoms with Crippen LogP contribution < -0.4 is 4.74 Å². The van der Waals surface area contributed by atoms with Gasteiger partial charge in [0.1, 0.15) is 11.5 Å².